The molecule has 5 rings (SSSR count). The van der Waals surface area contributed by atoms with Crippen molar-refractivity contribution in [3.8, 4) is 11.4 Å². The van der Waals surface area contributed by atoms with E-state index in [9.17, 15) is 4.79 Å². The molecule has 0 radical (unpaired) electrons. The van der Waals surface area contributed by atoms with E-state index in [-0.39, 0.29) is 12.0 Å². The van der Waals surface area contributed by atoms with Crippen molar-refractivity contribution in [2.24, 2.45) is 0 Å². The number of rotatable bonds is 5. The lowest BCUT2D eigenvalue weighted by atomic mass is 10.2. The average Bonchev–Trinajstić information content (AvgIpc) is 3.52. The van der Waals surface area contributed by atoms with Gasteiger partial charge in [0.1, 0.15) is 5.69 Å². The minimum Gasteiger partial charge on any atom is -0.376 e. The molecule has 28 heavy (non-hydrogen) atoms. The first kappa shape index (κ1) is 17.5. The van der Waals surface area contributed by atoms with Crippen LogP contribution in [0.1, 0.15) is 54.9 Å². The minimum atomic E-state index is -0.0549. The highest BCUT2D eigenvalue weighted by Gasteiger charge is 2.22. The number of carbonyl (C=O) groups is 1. The summed E-state index contributed by atoms with van der Waals surface area (Å²) in [7, 11) is 0. The van der Waals surface area contributed by atoms with Crippen LogP contribution in [0.15, 0.2) is 42.7 Å². The summed E-state index contributed by atoms with van der Waals surface area (Å²) in [4.78, 5) is 12.9. The standard InChI is InChI=1S/C22H26N4O2/c27-22(23-15-17-8-5-13-28-17)18-14-21(25-11-4-3-9-20(18)25)19-10-12-26(24-19)16-6-1-2-7-16/h3-4,9-12,14,16-17H,1-2,5-8,13,15H2,(H,23,27). The molecule has 3 aromatic rings. The summed E-state index contributed by atoms with van der Waals surface area (Å²) in [6, 6.07) is 10.5. The second-order valence-electron chi connectivity index (χ2n) is 7.86. The molecule has 6 nitrogen and oxygen atoms in total. The molecule has 2 fully saturated rings. The summed E-state index contributed by atoms with van der Waals surface area (Å²) in [6.07, 6.45) is 11.3. The highest BCUT2D eigenvalue weighted by Crippen LogP contribution is 2.31. The fourth-order valence-corrected chi connectivity index (χ4v) is 4.49. The van der Waals surface area contributed by atoms with E-state index in [1.807, 2.05) is 30.5 Å². The number of aromatic nitrogens is 3. The van der Waals surface area contributed by atoms with Crippen molar-refractivity contribution in [3.05, 3.63) is 48.3 Å². The van der Waals surface area contributed by atoms with Gasteiger partial charge in [0.25, 0.3) is 5.91 Å². The molecular weight excluding hydrogens is 352 g/mol. The number of nitrogens with zero attached hydrogens (tertiary/aromatic N) is 3. The van der Waals surface area contributed by atoms with Crippen LogP contribution in [0.2, 0.25) is 0 Å². The van der Waals surface area contributed by atoms with Gasteiger partial charge in [-0.25, -0.2) is 0 Å². The quantitative estimate of drug-likeness (QED) is 0.734. The zero-order chi connectivity index (χ0) is 18.9. The normalized spacial score (nSPS) is 20.2. The smallest absolute Gasteiger partial charge is 0.253 e. The zero-order valence-corrected chi connectivity index (χ0v) is 16.0. The number of carbonyl (C=O) groups excluding carboxylic acids is 1. The Bertz CT molecular complexity index is 978. The van der Waals surface area contributed by atoms with E-state index < -0.39 is 0 Å². The molecule has 0 aromatic carbocycles. The predicted molar refractivity (Wildman–Crippen MR) is 107 cm³/mol. The van der Waals surface area contributed by atoms with Crippen molar-refractivity contribution in [3.63, 3.8) is 0 Å². The second-order valence-corrected chi connectivity index (χ2v) is 7.86. The third kappa shape index (κ3) is 3.22. The molecule has 1 atom stereocenters. The molecule has 1 N–H and O–H groups in total. The maximum absolute atomic E-state index is 12.9. The Morgan fingerprint density at radius 3 is 2.86 bits per heavy atom. The highest BCUT2D eigenvalue weighted by atomic mass is 16.5. The van der Waals surface area contributed by atoms with Crippen LogP contribution in [0.25, 0.3) is 16.9 Å². The van der Waals surface area contributed by atoms with Gasteiger partial charge in [-0.05, 0) is 49.9 Å². The van der Waals surface area contributed by atoms with E-state index in [0.717, 1.165) is 36.4 Å². The lowest BCUT2D eigenvalue weighted by molar-refractivity contribution is 0.0859. The molecule has 3 aromatic heterocycles. The van der Waals surface area contributed by atoms with E-state index in [2.05, 4.69) is 26.7 Å². The first-order valence-electron chi connectivity index (χ1n) is 10.3. The zero-order valence-electron chi connectivity index (χ0n) is 16.0. The Labute approximate surface area is 164 Å². The van der Waals surface area contributed by atoms with Crippen molar-refractivity contribution in [1.29, 1.82) is 0 Å². The first-order valence-corrected chi connectivity index (χ1v) is 10.3. The van der Waals surface area contributed by atoms with Gasteiger partial charge in [-0.1, -0.05) is 18.9 Å². The summed E-state index contributed by atoms with van der Waals surface area (Å²) < 4.78 is 9.78. The SMILES string of the molecule is O=C(NCC1CCCO1)c1cc(-c2ccn(C3CCCC3)n2)n2ccccc12. The van der Waals surface area contributed by atoms with Gasteiger partial charge in [0.2, 0.25) is 0 Å². The Hall–Kier alpha value is -2.60. The van der Waals surface area contributed by atoms with Crippen LogP contribution in [0.4, 0.5) is 0 Å². The average molecular weight is 378 g/mol. The fourth-order valence-electron chi connectivity index (χ4n) is 4.49. The molecule has 1 saturated heterocycles. The topological polar surface area (TPSA) is 60.6 Å². The predicted octanol–water partition coefficient (Wildman–Crippen LogP) is 3.83. The van der Waals surface area contributed by atoms with Gasteiger partial charge < -0.3 is 14.5 Å². The third-order valence-corrected chi connectivity index (χ3v) is 6.00. The first-order chi connectivity index (χ1) is 13.8. The van der Waals surface area contributed by atoms with Crippen LogP contribution in [-0.2, 0) is 4.74 Å². The van der Waals surface area contributed by atoms with Gasteiger partial charge in [0.05, 0.1) is 28.9 Å². The van der Waals surface area contributed by atoms with Crippen molar-refractivity contribution in [2.75, 3.05) is 13.2 Å². The Morgan fingerprint density at radius 2 is 2.04 bits per heavy atom. The maximum atomic E-state index is 12.9. The number of pyridine rings is 1. The Balaban J connectivity index is 1.44. The van der Waals surface area contributed by atoms with E-state index >= 15 is 0 Å². The molecule has 1 aliphatic heterocycles. The number of hydrogen-bond acceptors (Lipinski definition) is 3. The molecule has 1 aliphatic carbocycles. The highest BCUT2D eigenvalue weighted by molar-refractivity contribution is 6.02. The number of fused-ring (bicyclic) bond motifs is 1. The number of hydrogen-bond donors (Lipinski definition) is 1. The van der Waals surface area contributed by atoms with E-state index in [1.54, 1.807) is 0 Å². The van der Waals surface area contributed by atoms with Crippen molar-refractivity contribution < 1.29 is 9.53 Å². The van der Waals surface area contributed by atoms with Crippen molar-refractivity contribution in [2.45, 2.75) is 50.7 Å². The second kappa shape index (κ2) is 7.43. The fraction of sp³-hybridized carbons (Fsp3) is 0.455. The molecule has 6 heteroatoms. The lowest BCUT2D eigenvalue weighted by Crippen LogP contribution is -2.31. The molecule has 0 spiro atoms. The molecule has 146 valence electrons. The van der Waals surface area contributed by atoms with Crippen LogP contribution in [0.5, 0.6) is 0 Å². The molecule has 1 saturated carbocycles. The van der Waals surface area contributed by atoms with Crippen LogP contribution in [0.3, 0.4) is 0 Å². The summed E-state index contributed by atoms with van der Waals surface area (Å²) in [6.45, 7) is 1.36. The Kier molecular flexibility index (Phi) is 4.64. The minimum absolute atomic E-state index is 0.0549. The van der Waals surface area contributed by atoms with Gasteiger partial charge in [-0.15, -0.1) is 0 Å². The lowest BCUT2D eigenvalue weighted by Gasteiger charge is -2.10. The number of nitrogens with one attached hydrogen (secondary N) is 1. The number of amides is 1. The Morgan fingerprint density at radius 1 is 1.14 bits per heavy atom. The molecule has 1 amide bonds. The van der Waals surface area contributed by atoms with Gasteiger partial charge >= 0.3 is 0 Å². The van der Waals surface area contributed by atoms with Crippen molar-refractivity contribution >= 4 is 11.4 Å². The van der Waals surface area contributed by atoms with Crippen LogP contribution < -0.4 is 5.32 Å². The molecule has 2 aliphatic rings. The maximum Gasteiger partial charge on any atom is 0.253 e. The van der Waals surface area contributed by atoms with E-state index in [4.69, 9.17) is 9.84 Å². The third-order valence-electron chi connectivity index (χ3n) is 6.00. The summed E-state index contributed by atoms with van der Waals surface area (Å²) in [5.41, 5.74) is 3.45. The summed E-state index contributed by atoms with van der Waals surface area (Å²) in [5.74, 6) is -0.0549. The van der Waals surface area contributed by atoms with Crippen LogP contribution in [-0.4, -0.2) is 39.3 Å². The monoisotopic (exact) mass is 378 g/mol. The van der Waals surface area contributed by atoms with Crippen LogP contribution >= 0.6 is 0 Å². The summed E-state index contributed by atoms with van der Waals surface area (Å²) in [5, 5.41) is 7.88. The van der Waals surface area contributed by atoms with Gasteiger partial charge in [-0.2, -0.15) is 5.10 Å². The molecule has 4 heterocycles. The van der Waals surface area contributed by atoms with Crippen LogP contribution in [0, 0.1) is 0 Å². The summed E-state index contributed by atoms with van der Waals surface area (Å²) >= 11 is 0. The van der Waals surface area contributed by atoms with Gasteiger partial charge in [0, 0.05) is 25.5 Å². The molecule has 0 bridgehead atoms. The van der Waals surface area contributed by atoms with Crippen molar-refractivity contribution in [1.82, 2.24) is 19.5 Å². The van der Waals surface area contributed by atoms with E-state index in [1.165, 1.54) is 25.7 Å². The molecule has 1 unspecified atom stereocenters. The van der Waals surface area contributed by atoms with Gasteiger partial charge in [0.15, 0.2) is 0 Å². The van der Waals surface area contributed by atoms with Gasteiger partial charge in [-0.3, -0.25) is 9.48 Å². The van der Waals surface area contributed by atoms with E-state index in [0.29, 0.717) is 18.2 Å². The number of ether oxygens (including phenoxy) is 1. The largest absolute Gasteiger partial charge is 0.376 e. The molecular formula is C22H26N4O2.